The highest BCUT2D eigenvalue weighted by molar-refractivity contribution is 5.62. The number of halogens is 3. The molecule has 1 saturated heterocycles. The molecular formula is C26H31F3N6. The first kappa shape index (κ1) is 24.9. The van der Waals surface area contributed by atoms with Crippen LogP contribution in [0.4, 0.5) is 30.5 Å². The van der Waals surface area contributed by atoms with Gasteiger partial charge >= 0.3 is 6.18 Å². The van der Waals surface area contributed by atoms with Crippen molar-refractivity contribution in [3.63, 3.8) is 0 Å². The number of hydrogen-bond donors (Lipinski definition) is 0. The summed E-state index contributed by atoms with van der Waals surface area (Å²) in [4.78, 5) is 18.6. The van der Waals surface area contributed by atoms with Crippen LogP contribution >= 0.6 is 0 Å². The second kappa shape index (κ2) is 10.6. The molecule has 2 aromatic heterocycles. The number of piperidine rings is 1. The minimum absolute atomic E-state index is 0.0626. The Morgan fingerprint density at radius 3 is 2.17 bits per heavy atom. The summed E-state index contributed by atoms with van der Waals surface area (Å²) >= 11 is 0. The zero-order valence-electron chi connectivity index (χ0n) is 20.3. The van der Waals surface area contributed by atoms with Gasteiger partial charge in [0.05, 0.1) is 0 Å². The summed E-state index contributed by atoms with van der Waals surface area (Å²) in [5.41, 5.74) is 2.10. The van der Waals surface area contributed by atoms with Crippen molar-refractivity contribution >= 4 is 17.3 Å². The molecule has 0 atom stereocenters. The number of anilines is 3. The van der Waals surface area contributed by atoms with E-state index in [0.717, 1.165) is 48.9 Å². The number of pyridine rings is 1. The Morgan fingerprint density at radius 2 is 1.57 bits per heavy atom. The second-order valence-electron chi connectivity index (χ2n) is 9.16. The molecule has 0 bridgehead atoms. The normalized spacial score (nSPS) is 15.4. The Bertz CT molecular complexity index is 1080. The highest BCUT2D eigenvalue weighted by Gasteiger charge is 2.34. The topological polar surface area (TPSA) is 48.4 Å². The minimum Gasteiger partial charge on any atom is -0.345 e. The molecule has 3 heterocycles. The van der Waals surface area contributed by atoms with Gasteiger partial charge in [0.2, 0.25) is 5.95 Å². The van der Waals surface area contributed by atoms with Crippen LogP contribution in [0.2, 0.25) is 0 Å². The summed E-state index contributed by atoms with van der Waals surface area (Å²) in [7, 11) is 1.98. The van der Waals surface area contributed by atoms with Crippen molar-refractivity contribution in [2.45, 2.75) is 51.5 Å². The van der Waals surface area contributed by atoms with Gasteiger partial charge in [0.25, 0.3) is 0 Å². The third-order valence-electron chi connectivity index (χ3n) is 6.59. The molecule has 0 N–H and O–H groups in total. The summed E-state index contributed by atoms with van der Waals surface area (Å²) in [5, 5.41) is 0. The summed E-state index contributed by atoms with van der Waals surface area (Å²) in [6.07, 6.45) is 1.88. The maximum absolute atomic E-state index is 13.4. The largest absolute Gasteiger partial charge is 0.433 e. The fourth-order valence-electron chi connectivity index (χ4n) is 4.46. The molecule has 1 aliphatic rings. The van der Waals surface area contributed by atoms with Gasteiger partial charge in [-0.25, -0.2) is 9.97 Å². The van der Waals surface area contributed by atoms with Crippen LogP contribution in [-0.2, 0) is 12.7 Å². The van der Waals surface area contributed by atoms with Crippen LogP contribution in [0.25, 0.3) is 0 Å². The molecule has 1 fully saturated rings. The van der Waals surface area contributed by atoms with Gasteiger partial charge in [0.15, 0.2) is 0 Å². The van der Waals surface area contributed by atoms with Crippen LogP contribution < -0.4 is 9.80 Å². The van der Waals surface area contributed by atoms with Crippen LogP contribution in [0.5, 0.6) is 0 Å². The quantitative estimate of drug-likeness (QED) is 0.439. The molecule has 6 nitrogen and oxygen atoms in total. The van der Waals surface area contributed by atoms with Crippen molar-refractivity contribution in [2.24, 2.45) is 0 Å². The van der Waals surface area contributed by atoms with E-state index in [1.165, 1.54) is 6.20 Å². The number of likely N-dealkylation sites (tertiary alicyclic amines) is 1. The van der Waals surface area contributed by atoms with E-state index in [1.54, 1.807) is 12.4 Å². The zero-order chi connectivity index (χ0) is 25.0. The van der Waals surface area contributed by atoms with Gasteiger partial charge < -0.3 is 14.7 Å². The number of alkyl halides is 3. The van der Waals surface area contributed by atoms with E-state index < -0.39 is 11.9 Å². The van der Waals surface area contributed by atoms with Gasteiger partial charge in [0, 0.05) is 68.7 Å². The van der Waals surface area contributed by atoms with E-state index in [0.29, 0.717) is 12.6 Å². The fraction of sp³-hybridized carbons (Fsp3) is 0.423. The summed E-state index contributed by atoms with van der Waals surface area (Å²) in [6, 6.07) is 13.4. The molecule has 186 valence electrons. The first-order valence-corrected chi connectivity index (χ1v) is 11.9. The number of aromatic nitrogens is 3. The molecule has 0 amide bonds. The van der Waals surface area contributed by atoms with Gasteiger partial charge in [-0.2, -0.15) is 13.2 Å². The van der Waals surface area contributed by atoms with E-state index in [-0.39, 0.29) is 12.0 Å². The lowest BCUT2D eigenvalue weighted by Crippen LogP contribution is -2.47. The Hall–Kier alpha value is -3.20. The average molecular weight is 485 g/mol. The first-order valence-electron chi connectivity index (χ1n) is 11.9. The maximum atomic E-state index is 13.4. The summed E-state index contributed by atoms with van der Waals surface area (Å²) in [6.45, 7) is 6.56. The third-order valence-corrected chi connectivity index (χ3v) is 6.59. The molecule has 1 aromatic carbocycles. The maximum Gasteiger partial charge on any atom is 0.433 e. The smallest absolute Gasteiger partial charge is 0.345 e. The first-order chi connectivity index (χ1) is 16.7. The molecule has 35 heavy (non-hydrogen) atoms. The van der Waals surface area contributed by atoms with E-state index >= 15 is 0 Å². The van der Waals surface area contributed by atoms with E-state index in [4.69, 9.17) is 0 Å². The molecule has 0 saturated carbocycles. The SMILES string of the molecule is CC(C)N1CCC(N(Cc2ccc(N(C)c3ccncc3)cc2)c2nccc(C(F)(F)F)n2)CC1. The van der Waals surface area contributed by atoms with Gasteiger partial charge in [-0.05, 0) is 62.6 Å². The minimum atomic E-state index is -4.51. The second-order valence-corrected chi connectivity index (χ2v) is 9.16. The van der Waals surface area contributed by atoms with Crippen LogP contribution in [0.3, 0.4) is 0 Å². The van der Waals surface area contributed by atoms with Crippen LogP contribution in [0.15, 0.2) is 61.1 Å². The molecular weight excluding hydrogens is 453 g/mol. The number of hydrogen-bond acceptors (Lipinski definition) is 6. The fourth-order valence-corrected chi connectivity index (χ4v) is 4.46. The zero-order valence-corrected chi connectivity index (χ0v) is 20.3. The van der Waals surface area contributed by atoms with E-state index in [9.17, 15) is 13.2 Å². The van der Waals surface area contributed by atoms with E-state index in [1.807, 2.05) is 48.3 Å². The van der Waals surface area contributed by atoms with Gasteiger partial charge in [-0.15, -0.1) is 0 Å². The Balaban J connectivity index is 1.57. The van der Waals surface area contributed by atoms with E-state index in [2.05, 4.69) is 38.6 Å². The molecule has 0 radical (unpaired) electrons. The summed E-state index contributed by atoms with van der Waals surface area (Å²) in [5.74, 6) is 0.126. The number of nitrogens with zero attached hydrogens (tertiary/aromatic N) is 6. The van der Waals surface area contributed by atoms with Gasteiger partial charge in [0.1, 0.15) is 5.69 Å². The standard InChI is InChI=1S/C26H31F3N6/c1-19(2)34-16-11-23(12-17-34)35(25-31-15-10-24(32-25)26(27,28)29)18-20-4-6-21(7-5-20)33(3)22-8-13-30-14-9-22/h4-10,13-15,19,23H,11-12,16-18H2,1-3H3. The lowest BCUT2D eigenvalue weighted by atomic mass is 10.0. The van der Waals surface area contributed by atoms with Crippen LogP contribution in [0, 0.1) is 0 Å². The molecule has 3 aromatic rings. The Labute approximate surface area is 204 Å². The monoisotopic (exact) mass is 484 g/mol. The molecule has 1 aliphatic heterocycles. The van der Waals surface area contributed by atoms with Crippen molar-refractivity contribution < 1.29 is 13.2 Å². The Morgan fingerprint density at radius 1 is 0.943 bits per heavy atom. The third kappa shape index (κ3) is 6.08. The number of benzene rings is 1. The predicted molar refractivity (Wildman–Crippen MR) is 132 cm³/mol. The molecule has 0 unspecified atom stereocenters. The lowest BCUT2D eigenvalue weighted by Gasteiger charge is -2.40. The lowest BCUT2D eigenvalue weighted by molar-refractivity contribution is -0.141. The van der Waals surface area contributed by atoms with Crippen LogP contribution in [-0.4, -0.2) is 52.1 Å². The average Bonchev–Trinajstić information content (AvgIpc) is 2.87. The van der Waals surface area contributed by atoms with Crippen molar-refractivity contribution in [2.75, 3.05) is 29.9 Å². The highest BCUT2D eigenvalue weighted by Crippen LogP contribution is 2.31. The van der Waals surface area contributed by atoms with Crippen molar-refractivity contribution in [1.29, 1.82) is 0 Å². The van der Waals surface area contributed by atoms with Gasteiger partial charge in [-0.3, -0.25) is 4.98 Å². The predicted octanol–water partition coefficient (Wildman–Crippen LogP) is 5.54. The van der Waals surface area contributed by atoms with Crippen molar-refractivity contribution in [3.05, 3.63) is 72.3 Å². The highest BCUT2D eigenvalue weighted by atomic mass is 19.4. The van der Waals surface area contributed by atoms with Gasteiger partial charge in [-0.1, -0.05) is 12.1 Å². The molecule has 0 spiro atoms. The Kier molecular flexibility index (Phi) is 7.54. The molecule has 9 heteroatoms. The molecule has 0 aliphatic carbocycles. The van der Waals surface area contributed by atoms with Crippen molar-refractivity contribution in [3.8, 4) is 0 Å². The summed E-state index contributed by atoms with van der Waals surface area (Å²) < 4.78 is 40.1. The van der Waals surface area contributed by atoms with Crippen molar-refractivity contribution in [1.82, 2.24) is 19.9 Å². The molecule has 4 rings (SSSR count). The number of rotatable bonds is 7. The van der Waals surface area contributed by atoms with Crippen LogP contribution in [0.1, 0.15) is 37.9 Å².